The Morgan fingerprint density at radius 2 is 2.26 bits per heavy atom. The summed E-state index contributed by atoms with van der Waals surface area (Å²) in [4.78, 5) is 6.79. The van der Waals surface area contributed by atoms with Gasteiger partial charge in [-0.05, 0) is 57.0 Å². The lowest BCUT2D eigenvalue weighted by molar-refractivity contribution is 0.267. The van der Waals surface area contributed by atoms with Gasteiger partial charge in [0.25, 0.3) is 0 Å². The van der Waals surface area contributed by atoms with E-state index in [1.807, 2.05) is 19.1 Å². The number of hydrogen-bond acceptors (Lipinski definition) is 2. The lowest BCUT2D eigenvalue weighted by Crippen LogP contribution is -2.45. The Labute approximate surface area is 139 Å². The van der Waals surface area contributed by atoms with E-state index in [0.29, 0.717) is 11.6 Å². The normalized spacial score (nSPS) is 20.6. The smallest absolute Gasteiger partial charge is 0.191 e. The van der Waals surface area contributed by atoms with E-state index in [1.54, 1.807) is 20.0 Å². The third-order valence-electron chi connectivity index (χ3n) is 4.68. The maximum absolute atomic E-state index is 13.7. The lowest BCUT2D eigenvalue weighted by atomic mass is 10.1. The molecule has 2 N–H and O–H groups in total. The Kier molecular flexibility index (Phi) is 6.39. The first-order valence-electron chi connectivity index (χ1n) is 8.52. The third-order valence-corrected chi connectivity index (χ3v) is 4.68. The number of likely N-dealkylation sites (N-methyl/N-ethyl adjacent to an activating group) is 1. The van der Waals surface area contributed by atoms with Gasteiger partial charge < -0.3 is 10.6 Å². The number of aryl methyl sites for hydroxylation is 1. The van der Waals surface area contributed by atoms with E-state index in [-0.39, 0.29) is 11.9 Å². The number of aliphatic imine (C=N–C) groups is 1. The Morgan fingerprint density at radius 3 is 2.91 bits per heavy atom. The van der Waals surface area contributed by atoms with Crippen LogP contribution < -0.4 is 10.6 Å². The van der Waals surface area contributed by atoms with Crippen molar-refractivity contribution in [3.8, 4) is 0 Å². The van der Waals surface area contributed by atoms with Crippen molar-refractivity contribution in [2.24, 2.45) is 4.99 Å². The molecule has 128 valence electrons. The summed E-state index contributed by atoms with van der Waals surface area (Å²) in [5.74, 6) is 0.602. The van der Waals surface area contributed by atoms with E-state index in [1.165, 1.54) is 19.4 Å². The number of halogens is 1. The number of nitrogens with zero attached hydrogens (tertiary/aromatic N) is 2. The topological polar surface area (TPSA) is 39.7 Å². The Bertz CT molecular complexity index is 544. The van der Waals surface area contributed by atoms with Gasteiger partial charge in [-0.3, -0.25) is 9.89 Å². The first-order valence-corrected chi connectivity index (χ1v) is 8.52. The molecule has 1 saturated heterocycles. The third kappa shape index (κ3) is 4.67. The fourth-order valence-electron chi connectivity index (χ4n) is 3.12. The zero-order chi connectivity index (χ0) is 16.8. The lowest BCUT2D eigenvalue weighted by Gasteiger charge is -2.25. The number of rotatable bonds is 5. The van der Waals surface area contributed by atoms with Crippen LogP contribution in [-0.2, 0) is 0 Å². The van der Waals surface area contributed by atoms with Crippen molar-refractivity contribution in [2.75, 3.05) is 26.7 Å². The number of guanidine groups is 1. The van der Waals surface area contributed by atoms with Crippen LogP contribution in [0.5, 0.6) is 0 Å². The van der Waals surface area contributed by atoms with Crippen LogP contribution >= 0.6 is 0 Å². The van der Waals surface area contributed by atoms with E-state index < -0.39 is 0 Å². The molecule has 23 heavy (non-hydrogen) atoms. The van der Waals surface area contributed by atoms with Crippen molar-refractivity contribution in [1.82, 2.24) is 15.5 Å². The van der Waals surface area contributed by atoms with Gasteiger partial charge in [-0.25, -0.2) is 4.39 Å². The number of likely N-dealkylation sites (tertiary alicyclic amines) is 1. The zero-order valence-corrected chi connectivity index (χ0v) is 14.7. The summed E-state index contributed by atoms with van der Waals surface area (Å²) >= 11 is 0. The van der Waals surface area contributed by atoms with Crippen LogP contribution in [0.2, 0.25) is 0 Å². The molecule has 1 aliphatic rings. The molecule has 0 spiro atoms. The minimum atomic E-state index is -0.163. The highest BCUT2D eigenvalue weighted by atomic mass is 19.1. The zero-order valence-electron chi connectivity index (χ0n) is 14.7. The van der Waals surface area contributed by atoms with Crippen molar-refractivity contribution in [3.63, 3.8) is 0 Å². The Balaban J connectivity index is 1.90. The summed E-state index contributed by atoms with van der Waals surface area (Å²) in [6.45, 7) is 9.18. The van der Waals surface area contributed by atoms with Crippen LogP contribution in [0.3, 0.4) is 0 Å². The molecule has 0 bridgehead atoms. The fraction of sp³-hybridized carbons (Fsp3) is 0.611. The predicted molar refractivity (Wildman–Crippen MR) is 94.3 cm³/mol. The second-order valence-electron chi connectivity index (χ2n) is 6.25. The van der Waals surface area contributed by atoms with Crippen molar-refractivity contribution >= 4 is 5.96 Å². The summed E-state index contributed by atoms with van der Waals surface area (Å²) in [7, 11) is 1.77. The van der Waals surface area contributed by atoms with Crippen molar-refractivity contribution in [1.29, 1.82) is 0 Å². The van der Waals surface area contributed by atoms with Gasteiger partial charge in [0.05, 0.1) is 6.04 Å². The molecular formula is C18H29FN4. The molecule has 0 radical (unpaired) electrons. The highest BCUT2D eigenvalue weighted by Gasteiger charge is 2.23. The van der Waals surface area contributed by atoms with Crippen molar-refractivity contribution < 1.29 is 4.39 Å². The predicted octanol–water partition coefficient (Wildman–Crippen LogP) is 2.84. The summed E-state index contributed by atoms with van der Waals surface area (Å²) in [5, 5.41) is 6.75. The Hall–Kier alpha value is -1.62. The Morgan fingerprint density at radius 1 is 1.48 bits per heavy atom. The summed E-state index contributed by atoms with van der Waals surface area (Å²) in [6.07, 6.45) is 2.50. The number of hydrogen-bond donors (Lipinski definition) is 2. The summed E-state index contributed by atoms with van der Waals surface area (Å²) in [6, 6.07) is 5.94. The van der Waals surface area contributed by atoms with Crippen LogP contribution in [-0.4, -0.2) is 43.6 Å². The summed E-state index contributed by atoms with van der Waals surface area (Å²) < 4.78 is 13.7. The standard InChI is InChI=1S/C18H29FN4/c1-5-23-10-6-7-16(23)12-21-18(20-4)22-14(3)15-9-8-13(2)17(19)11-15/h8-9,11,14,16H,5-7,10,12H2,1-4H3,(H2,20,21,22). The molecule has 2 unspecified atom stereocenters. The monoisotopic (exact) mass is 320 g/mol. The SMILES string of the molecule is CCN1CCCC1CNC(=NC)NC(C)c1ccc(C)c(F)c1. The number of nitrogens with one attached hydrogen (secondary N) is 2. The van der Waals surface area contributed by atoms with Gasteiger partial charge in [0.2, 0.25) is 0 Å². The molecule has 1 heterocycles. The van der Waals surface area contributed by atoms with E-state index >= 15 is 0 Å². The summed E-state index contributed by atoms with van der Waals surface area (Å²) in [5.41, 5.74) is 1.59. The molecule has 0 saturated carbocycles. The van der Waals surface area contributed by atoms with E-state index in [0.717, 1.165) is 24.6 Å². The molecule has 1 fully saturated rings. The van der Waals surface area contributed by atoms with Crippen LogP contribution in [0.1, 0.15) is 43.9 Å². The van der Waals surface area contributed by atoms with Gasteiger partial charge in [0.1, 0.15) is 5.82 Å². The largest absolute Gasteiger partial charge is 0.355 e. The molecule has 5 heteroatoms. The molecule has 2 atom stereocenters. The minimum absolute atomic E-state index is 0.00200. The van der Waals surface area contributed by atoms with Gasteiger partial charge in [-0.1, -0.05) is 19.1 Å². The van der Waals surface area contributed by atoms with E-state index in [9.17, 15) is 4.39 Å². The molecule has 1 aromatic carbocycles. The van der Waals surface area contributed by atoms with Crippen LogP contribution in [0.15, 0.2) is 23.2 Å². The van der Waals surface area contributed by atoms with E-state index in [4.69, 9.17) is 0 Å². The van der Waals surface area contributed by atoms with Crippen LogP contribution in [0.4, 0.5) is 4.39 Å². The molecule has 1 aliphatic heterocycles. The second-order valence-corrected chi connectivity index (χ2v) is 6.25. The van der Waals surface area contributed by atoms with Gasteiger partial charge in [-0.15, -0.1) is 0 Å². The highest BCUT2D eigenvalue weighted by molar-refractivity contribution is 5.80. The fourth-order valence-corrected chi connectivity index (χ4v) is 3.12. The molecule has 0 aromatic heterocycles. The molecule has 0 aliphatic carbocycles. The maximum Gasteiger partial charge on any atom is 0.191 e. The van der Waals surface area contributed by atoms with Gasteiger partial charge in [-0.2, -0.15) is 0 Å². The first kappa shape index (κ1) is 17.7. The average Bonchev–Trinajstić information content (AvgIpc) is 3.01. The number of benzene rings is 1. The molecule has 1 aromatic rings. The molecule has 0 amide bonds. The first-order chi connectivity index (χ1) is 11.0. The van der Waals surface area contributed by atoms with Crippen molar-refractivity contribution in [2.45, 2.75) is 45.7 Å². The highest BCUT2D eigenvalue weighted by Crippen LogP contribution is 2.17. The van der Waals surface area contributed by atoms with E-state index in [2.05, 4.69) is 27.4 Å². The molecular weight excluding hydrogens is 291 g/mol. The van der Waals surface area contributed by atoms with Gasteiger partial charge in [0.15, 0.2) is 5.96 Å². The second kappa shape index (κ2) is 8.29. The van der Waals surface area contributed by atoms with Crippen molar-refractivity contribution in [3.05, 3.63) is 35.1 Å². The van der Waals surface area contributed by atoms with Crippen LogP contribution in [0, 0.1) is 12.7 Å². The maximum atomic E-state index is 13.7. The minimum Gasteiger partial charge on any atom is -0.355 e. The van der Waals surface area contributed by atoms with Gasteiger partial charge in [0, 0.05) is 19.6 Å². The quantitative estimate of drug-likeness (QED) is 0.647. The average molecular weight is 320 g/mol. The van der Waals surface area contributed by atoms with Gasteiger partial charge >= 0.3 is 0 Å². The van der Waals surface area contributed by atoms with Crippen LogP contribution in [0.25, 0.3) is 0 Å². The molecule has 2 rings (SSSR count). The molecule has 4 nitrogen and oxygen atoms in total.